The van der Waals surface area contributed by atoms with Gasteiger partial charge in [0.2, 0.25) is 33.6 Å². The van der Waals surface area contributed by atoms with Crippen LogP contribution in [0.1, 0.15) is 70.6 Å². The average molecular weight is 470 g/mol. The van der Waals surface area contributed by atoms with Gasteiger partial charge in [-0.3, -0.25) is 9.59 Å². The topological polar surface area (TPSA) is 169 Å². The lowest BCUT2D eigenvalue weighted by atomic mass is 9.96. The maximum absolute atomic E-state index is 12.0. The summed E-state index contributed by atoms with van der Waals surface area (Å²) in [6, 6.07) is 0.252. The van der Waals surface area contributed by atoms with Gasteiger partial charge in [0.1, 0.15) is 0 Å². The largest absolute Gasteiger partial charge is 0.380 e. The zero-order valence-corrected chi connectivity index (χ0v) is 19.1. The molecule has 2 amide bonds. The van der Waals surface area contributed by atoms with E-state index in [1.165, 1.54) is 19.3 Å². The third-order valence-electron chi connectivity index (χ3n) is 5.07. The minimum Gasteiger partial charge on any atom is -0.380 e. The van der Waals surface area contributed by atoms with E-state index in [2.05, 4.69) is 10.6 Å². The van der Waals surface area contributed by atoms with Crippen molar-refractivity contribution < 1.29 is 39.0 Å². The molecule has 10 nitrogen and oxygen atoms in total. The molecule has 0 aliphatic heterocycles. The summed E-state index contributed by atoms with van der Waals surface area (Å²) in [5, 5.41) is 13.1. The van der Waals surface area contributed by atoms with Crippen LogP contribution in [0, 0.1) is 0 Å². The predicted octanol–water partition coefficient (Wildman–Crippen LogP) is 1.15. The van der Waals surface area contributed by atoms with Crippen LogP contribution in [-0.4, -0.2) is 67.4 Å². The fourth-order valence-electron chi connectivity index (χ4n) is 3.25. The summed E-state index contributed by atoms with van der Waals surface area (Å²) in [7, 11) is -5.85. The van der Waals surface area contributed by atoms with Gasteiger partial charge in [-0.15, -0.1) is 0 Å². The van der Waals surface area contributed by atoms with E-state index in [4.69, 9.17) is 24.3 Å². The van der Waals surface area contributed by atoms with Crippen molar-refractivity contribution in [2.45, 2.75) is 81.8 Å². The van der Waals surface area contributed by atoms with E-state index >= 15 is 0 Å². The molecule has 0 aromatic rings. The van der Waals surface area contributed by atoms with Crippen LogP contribution in [-0.2, 0) is 14.3 Å². The molecule has 0 heterocycles. The average Bonchev–Trinajstić information content (AvgIpc) is 2.66. The molecule has 7 N–H and O–H groups in total. The highest BCUT2D eigenvalue weighted by Gasteiger charge is 2.43. The van der Waals surface area contributed by atoms with Crippen molar-refractivity contribution >= 4 is 28.6 Å². The molecule has 1 rings (SSSR count). The highest BCUT2D eigenvalue weighted by Crippen LogP contribution is 2.59. The summed E-state index contributed by atoms with van der Waals surface area (Å²) in [4.78, 5) is 60.2. The molecule has 1 saturated carbocycles. The van der Waals surface area contributed by atoms with Gasteiger partial charge in [0, 0.05) is 25.4 Å². The monoisotopic (exact) mass is 470 g/mol. The van der Waals surface area contributed by atoms with Gasteiger partial charge in [-0.05, 0) is 25.7 Å². The normalized spacial score (nSPS) is 16.4. The zero-order chi connectivity index (χ0) is 22.4. The number of carbonyl (C=O) groups is 2. The van der Waals surface area contributed by atoms with Crippen LogP contribution in [0.4, 0.5) is 0 Å². The summed E-state index contributed by atoms with van der Waals surface area (Å²) in [6.45, 7) is 0.548. The quantitative estimate of drug-likeness (QED) is 0.155. The molecular formula is C18H36N2O8P2. The number of amides is 2. The molecule has 0 atom stereocenters. The Kier molecular flexibility index (Phi) is 14.1. The van der Waals surface area contributed by atoms with E-state index in [9.17, 15) is 14.7 Å². The Balaban J connectivity index is 2.06. The summed E-state index contributed by atoms with van der Waals surface area (Å²) in [5.74, 6) is -0.319. The molecule has 1 aliphatic carbocycles. The Morgan fingerprint density at radius 2 is 1.43 bits per heavy atom. The lowest BCUT2D eigenvalue weighted by Crippen LogP contribution is -2.35. The number of hydrogen-bond donors (Lipinski definition) is 7. The van der Waals surface area contributed by atoms with Gasteiger partial charge >= 0.3 is 0 Å². The Morgan fingerprint density at radius 3 is 2.00 bits per heavy atom. The second kappa shape index (κ2) is 15.4. The van der Waals surface area contributed by atoms with Crippen LogP contribution in [0.15, 0.2) is 0 Å². The lowest BCUT2D eigenvalue weighted by molar-refractivity contribution is -0.123. The van der Waals surface area contributed by atoms with Crippen LogP contribution in [0.2, 0.25) is 0 Å². The van der Waals surface area contributed by atoms with E-state index < -0.39 is 21.8 Å². The van der Waals surface area contributed by atoms with Crippen LogP contribution < -0.4 is 10.6 Å². The van der Waals surface area contributed by atoms with Crippen LogP contribution in [0.3, 0.4) is 0 Å². The second-order valence-corrected chi connectivity index (χ2v) is 10.5. The van der Waals surface area contributed by atoms with Crippen LogP contribution >= 0.6 is 16.8 Å². The maximum Gasteiger partial charge on any atom is 0.222 e. The third-order valence-corrected chi connectivity index (χ3v) is 7.87. The molecule has 0 unspecified atom stereocenters. The summed E-state index contributed by atoms with van der Waals surface area (Å²) < 4.78 is 5.34. The minimum atomic E-state index is -2.93. The van der Waals surface area contributed by atoms with Gasteiger partial charge in [-0.1, -0.05) is 32.1 Å². The maximum atomic E-state index is 12.0. The molecule has 30 heavy (non-hydrogen) atoms. The van der Waals surface area contributed by atoms with Crippen molar-refractivity contribution in [1.29, 1.82) is 0 Å². The molecule has 0 saturated heterocycles. The SMILES string of the molecule is O=C(CCOCCC(=O)NC1CCCCCCC1)NCCCC(O)(P(O)O)P(O)O. The van der Waals surface area contributed by atoms with Crippen LogP contribution in [0.5, 0.6) is 0 Å². The van der Waals surface area contributed by atoms with Gasteiger partial charge in [-0.25, -0.2) is 0 Å². The molecule has 0 radical (unpaired) electrons. The smallest absolute Gasteiger partial charge is 0.222 e. The molecule has 0 aromatic heterocycles. The molecule has 1 fully saturated rings. The van der Waals surface area contributed by atoms with Crippen molar-refractivity contribution in [2.24, 2.45) is 0 Å². The Morgan fingerprint density at radius 1 is 0.900 bits per heavy atom. The fraction of sp³-hybridized carbons (Fsp3) is 0.889. The standard InChI is InChI=1S/C18H36N2O8P2/c21-16(19-12-6-11-18(23,29(24)25)30(26)27)9-13-28-14-10-17(22)20-15-7-4-2-1-3-5-8-15/h15,23-27H,1-14H2,(H,19,21)(H,20,22). The third kappa shape index (κ3) is 11.3. The first-order valence-electron chi connectivity index (χ1n) is 10.5. The summed E-state index contributed by atoms with van der Waals surface area (Å²) in [5.41, 5.74) is 0. The zero-order valence-electron chi connectivity index (χ0n) is 17.3. The molecular weight excluding hydrogens is 434 g/mol. The molecule has 0 aromatic carbocycles. The number of rotatable bonds is 13. The van der Waals surface area contributed by atoms with Gasteiger partial charge in [-0.2, -0.15) is 0 Å². The second-order valence-electron chi connectivity index (χ2n) is 7.53. The lowest BCUT2D eigenvalue weighted by Gasteiger charge is -2.29. The number of nitrogens with one attached hydrogen (secondary N) is 2. The van der Waals surface area contributed by atoms with Gasteiger partial charge in [0.05, 0.1) is 13.2 Å². The van der Waals surface area contributed by atoms with Crippen molar-refractivity contribution in [3.8, 4) is 0 Å². The van der Waals surface area contributed by atoms with Gasteiger partial charge in [0.15, 0.2) is 0 Å². The van der Waals surface area contributed by atoms with Crippen molar-refractivity contribution in [2.75, 3.05) is 19.8 Å². The van der Waals surface area contributed by atoms with E-state index in [-0.39, 0.29) is 63.3 Å². The van der Waals surface area contributed by atoms with Gasteiger partial charge < -0.3 is 40.1 Å². The predicted molar refractivity (Wildman–Crippen MR) is 114 cm³/mol. The van der Waals surface area contributed by atoms with E-state index in [1.807, 2.05) is 0 Å². The molecule has 12 heteroatoms. The highest BCUT2D eigenvalue weighted by molar-refractivity contribution is 7.65. The number of ether oxygens (including phenoxy) is 1. The van der Waals surface area contributed by atoms with Gasteiger partial charge in [0.25, 0.3) is 0 Å². The number of carbonyl (C=O) groups excluding carboxylic acids is 2. The first-order chi connectivity index (χ1) is 14.3. The van der Waals surface area contributed by atoms with E-state index in [0.29, 0.717) is 0 Å². The first kappa shape index (κ1) is 27.6. The highest BCUT2D eigenvalue weighted by atomic mass is 31.2. The molecule has 1 aliphatic rings. The number of hydrogen-bond acceptors (Lipinski definition) is 8. The summed E-state index contributed by atoms with van der Waals surface area (Å²) >= 11 is 0. The number of aliphatic hydroxyl groups is 1. The van der Waals surface area contributed by atoms with Crippen molar-refractivity contribution in [3.05, 3.63) is 0 Å². The minimum absolute atomic E-state index is 0.0297. The van der Waals surface area contributed by atoms with E-state index in [1.54, 1.807) is 0 Å². The van der Waals surface area contributed by atoms with E-state index in [0.717, 1.165) is 25.7 Å². The summed E-state index contributed by atoms with van der Waals surface area (Å²) in [6.07, 6.45) is 8.34. The Labute approximate surface area is 180 Å². The van der Waals surface area contributed by atoms with Crippen LogP contribution in [0.25, 0.3) is 0 Å². The molecule has 0 bridgehead atoms. The Bertz CT molecular complexity index is 495. The Hall–Kier alpha value is -0.440. The van der Waals surface area contributed by atoms with Crippen molar-refractivity contribution in [1.82, 2.24) is 10.6 Å². The first-order valence-corrected chi connectivity index (χ1v) is 13.0. The molecule has 176 valence electrons. The molecule has 0 spiro atoms. The van der Waals surface area contributed by atoms with Crippen molar-refractivity contribution in [3.63, 3.8) is 0 Å². The fourth-order valence-corrected chi connectivity index (χ4v) is 4.61.